The topological polar surface area (TPSA) is 79.9 Å². The Hall–Kier alpha value is -1.59. The predicted molar refractivity (Wildman–Crippen MR) is 65.1 cm³/mol. The van der Waals surface area contributed by atoms with Crippen molar-refractivity contribution in [2.45, 2.75) is 32.6 Å². The second kappa shape index (κ2) is 4.59. The summed E-state index contributed by atoms with van der Waals surface area (Å²) in [6.45, 7) is 2.38. The maximum absolute atomic E-state index is 12.1. The first-order valence-electron chi connectivity index (χ1n) is 6.65. The van der Waals surface area contributed by atoms with Crippen molar-refractivity contribution in [3.05, 3.63) is 0 Å². The Morgan fingerprint density at radius 3 is 2.83 bits per heavy atom. The molecule has 0 saturated heterocycles. The van der Waals surface area contributed by atoms with Crippen molar-refractivity contribution >= 4 is 11.9 Å². The molecular weight excluding hydrogens is 232 g/mol. The van der Waals surface area contributed by atoms with Gasteiger partial charge in [0.1, 0.15) is 0 Å². The average Bonchev–Trinajstić information content (AvgIpc) is 2.95. The molecule has 2 aliphatic rings. The van der Waals surface area contributed by atoms with E-state index in [1.807, 2.05) is 6.92 Å². The zero-order valence-corrected chi connectivity index (χ0v) is 10.5. The molecule has 18 heavy (non-hydrogen) atoms. The Morgan fingerprint density at radius 2 is 2.17 bits per heavy atom. The summed E-state index contributed by atoms with van der Waals surface area (Å²) in [5, 5.41) is 9.31. The summed E-state index contributed by atoms with van der Waals surface area (Å²) >= 11 is 0. The zero-order chi connectivity index (χ0) is 12.5. The molecule has 98 valence electrons. The SMILES string of the molecule is CCOc1n[nH]c(NC(=O)C2C3CCCCC32)n1. The van der Waals surface area contributed by atoms with Gasteiger partial charge in [0.25, 0.3) is 0 Å². The summed E-state index contributed by atoms with van der Waals surface area (Å²) in [6.07, 6.45) is 4.93. The molecule has 2 N–H and O–H groups in total. The molecule has 2 saturated carbocycles. The van der Waals surface area contributed by atoms with E-state index in [2.05, 4.69) is 20.5 Å². The van der Waals surface area contributed by atoms with Crippen LogP contribution in [0.5, 0.6) is 6.01 Å². The van der Waals surface area contributed by atoms with Gasteiger partial charge in [-0.1, -0.05) is 12.8 Å². The number of anilines is 1. The molecule has 0 radical (unpaired) electrons. The first-order chi connectivity index (χ1) is 8.79. The number of amides is 1. The summed E-state index contributed by atoms with van der Waals surface area (Å²) < 4.78 is 5.13. The van der Waals surface area contributed by atoms with Crippen molar-refractivity contribution in [1.82, 2.24) is 15.2 Å². The van der Waals surface area contributed by atoms with Crippen LogP contribution in [0.1, 0.15) is 32.6 Å². The molecule has 0 bridgehead atoms. The van der Waals surface area contributed by atoms with Gasteiger partial charge in [-0.15, -0.1) is 5.10 Å². The summed E-state index contributed by atoms with van der Waals surface area (Å²) in [7, 11) is 0. The average molecular weight is 250 g/mol. The molecule has 2 atom stereocenters. The fraction of sp³-hybridized carbons (Fsp3) is 0.750. The minimum absolute atomic E-state index is 0.0751. The van der Waals surface area contributed by atoms with Crippen molar-refractivity contribution in [2.24, 2.45) is 17.8 Å². The monoisotopic (exact) mass is 250 g/mol. The van der Waals surface area contributed by atoms with Gasteiger partial charge in [0.05, 0.1) is 6.61 Å². The molecule has 0 spiro atoms. The normalized spacial score (nSPS) is 29.5. The Balaban J connectivity index is 1.57. The van der Waals surface area contributed by atoms with E-state index >= 15 is 0 Å². The van der Waals surface area contributed by atoms with Crippen molar-refractivity contribution in [3.8, 4) is 6.01 Å². The van der Waals surface area contributed by atoms with E-state index in [0.717, 1.165) is 0 Å². The number of fused-ring (bicyclic) bond motifs is 1. The van der Waals surface area contributed by atoms with Crippen LogP contribution in [-0.4, -0.2) is 27.7 Å². The smallest absolute Gasteiger partial charge is 0.337 e. The molecule has 1 aromatic rings. The summed E-state index contributed by atoms with van der Waals surface area (Å²) in [6, 6.07) is 0.279. The highest BCUT2D eigenvalue weighted by molar-refractivity contribution is 5.93. The predicted octanol–water partition coefficient (Wildman–Crippen LogP) is 1.58. The van der Waals surface area contributed by atoms with Gasteiger partial charge in [0.15, 0.2) is 0 Å². The molecule has 2 fully saturated rings. The minimum atomic E-state index is 0.0751. The Morgan fingerprint density at radius 1 is 1.44 bits per heavy atom. The lowest BCUT2D eigenvalue weighted by Gasteiger charge is -2.04. The van der Waals surface area contributed by atoms with Crippen molar-refractivity contribution in [2.75, 3.05) is 11.9 Å². The molecule has 6 heteroatoms. The van der Waals surface area contributed by atoms with E-state index in [1.54, 1.807) is 0 Å². The van der Waals surface area contributed by atoms with E-state index in [-0.39, 0.29) is 17.8 Å². The van der Waals surface area contributed by atoms with Gasteiger partial charge in [-0.25, -0.2) is 5.10 Å². The standard InChI is InChI=1S/C12H18N4O2/c1-2-18-12-14-11(15-16-12)13-10(17)9-7-5-3-4-6-8(7)9/h7-9H,2-6H2,1H3,(H2,13,14,15,16,17). The largest absolute Gasteiger partial charge is 0.463 e. The van der Waals surface area contributed by atoms with E-state index in [4.69, 9.17) is 4.74 Å². The second-order valence-corrected chi connectivity index (χ2v) is 5.03. The number of hydrogen-bond acceptors (Lipinski definition) is 4. The van der Waals surface area contributed by atoms with Gasteiger partial charge in [-0.3, -0.25) is 10.1 Å². The van der Waals surface area contributed by atoms with E-state index in [1.165, 1.54) is 25.7 Å². The maximum Gasteiger partial charge on any atom is 0.337 e. The number of aromatic nitrogens is 3. The van der Waals surface area contributed by atoms with Crippen LogP contribution in [-0.2, 0) is 4.79 Å². The number of H-pyrrole nitrogens is 1. The van der Waals surface area contributed by atoms with Crippen LogP contribution in [0.2, 0.25) is 0 Å². The molecule has 3 rings (SSSR count). The number of nitrogens with one attached hydrogen (secondary N) is 2. The van der Waals surface area contributed by atoms with Crippen LogP contribution >= 0.6 is 0 Å². The Labute approximate surface area is 106 Å². The molecule has 2 unspecified atom stereocenters. The number of rotatable bonds is 4. The molecule has 1 aromatic heterocycles. The van der Waals surface area contributed by atoms with Gasteiger partial charge < -0.3 is 4.74 Å². The van der Waals surface area contributed by atoms with Crippen LogP contribution in [0.3, 0.4) is 0 Å². The molecule has 2 aliphatic carbocycles. The third-order valence-corrected chi connectivity index (χ3v) is 3.94. The van der Waals surface area contributed by atoms with Crippen LogP contribution in [0.4, 0.5) is 5.95 Å². The lowest BCUT2D eigenvalue weighted by Crippen LogP contribution is -2.16. The van der Waals surface area contributed by atoms with Crippen molar-refractivity contribution in [1.29, 1.82) is 0 Å². The molecule has 1 amide bonds. The highest BCUT2D eigenvalue weighted by Gasteiger charge is 2.54. The van der Waals surface area contributed by atoms with Crippen LogP contribution in [0.25, 0.3) is 0 Å². The third-order valence-electron chi connectivity index (χ3n) is 3.94. The quantitative estimate of drug-likeness (QED) is 0.850. The van der Waals surface area contributed by atoms with Crippen molar-refractivity contribution in [3.63, 3.8) is 0 Å². The number of carbonyl (C=O) groups excluding carboxylic acids is 1. The fourth-order valence-corrected chi connectivity index (χ4v) is 3.08. The summed E-state index contributed by atoms with van der Waals surface area (Å²) in [4.78, 5) is 16.1. The van der Waals surface area contributed by atoms with Gasteiger partial charge in [0.2, 0.25) is 11.9 Å². The molecule has 1 heterocycles. The number of nitrogens with zero attached hydrogens (tertiary/aromatic N) is 2. The summed E-state index contributed by atoms with van der Waals surface area (Å²) in [5.41, 5.74) is 0. The van der Waals surface area contributed by atoms with E-state index in [0.29, 0.717) is 24.4 Å². The minimum Gasteiger partial charge on any atom is -0.463 e. The van der Waals surface area contributed by atoms with Crippen LogP contribution < -0.4 is 10.1 Å². The Kier molecular flexibility index (Phi) is 2.93. The van der Waals surface area contributed by atoms with Gasteiger partial charge in [-0.05, 0) is 31.6 Å². The first-order valence-corrected chi connectivity index (χ1v) is 6.65. The number of hydrogen-bond donors (Lipinski definition) is 2. The lowest BCUT2D eigenvalue weighted by atomic mass is 10.0. The molecule has 0 aliphatic heterocycles. The highest BCUT2D eigenvalue weighted by Crippen LogP contribution is 2.55. The number of ether oxygens (including phenoxy) is 1. The van der Waals surface area contributed by atoms with Gasteiger partial charge >= 0.3 is 6.01 Å². The van der Waals surface area contributed by atoms with E-state index < -0.39 is 0 Å². The molecular formula is C12H18N4O2. The zero-order valence-electron chi connectivity index (χ0n) is 10.5. The number of aromatic amines is 1. The van der Waals surface area contributed by atoms with E-state index in [9.17, 15) is 4.79 Å². The summed E-state index contributed by atoms with van der Waals surface area (Å²) in [5.74, 6) is 1.85. The molecule has 6 nitrogen and oxygen atoms in total. The first kappa shape index (κ1) is 11.5. The maximum atomic E-state index is 12.1. The van der Waals surface area contributed by atoms with Crippen LogP contribution in [0.15, 0.2) is 0 Å². The van der Waals surface area contributed by atoms with Crippen LogP contribution in [0, 0.1) is 17.8 Å². The van der Waals surface area contributed by atoms with Crippen molar-refractivity contribution < 1.29 is 9.53 Å². The Bertz CT molecular complexity index is 433. The molecule has 0 aromatic carbocycles. The lowest BCUT2D eigenvalue weighted by molar-refractivity contribution is -0.117. The highest BCUT2D eigenvalue weighted by atomic mass is 16.5. The van der Waals surface area contributed by atoms with Gasteiger partial charge in [0, 0.05) is 5.92 Å². The fourth-order valence-electron chi connectivity index (χ4n) is 3.08. The third kappa shape index (κ3) is 2.07. The van der Waals surface area contributed by atoms with Gasteiger partial charge in [-0.2, -0.15) is 4.98 Å². The second-order valence-electron chi connectivity index (χ2n) is 5.03. The number of carbonyl (C=O) groups is 1.